The standard InChI is InChI=1S/C18H21NO4/c1-4-12-9-17(15(20)22-2,16(21)23-3)10-18(12)11-19-14-8-6-5-7-13(14)18/h5-8,11-12H,4,9-10H2,1-3H3/t12-,18-/m0/s1. The third-order valence-electron chi connectivity index (χ3n) is 5.40. The Balaban J connectivity index is 2.13. The predicted molar refractivity (Wildman–Crippen MR) is 85.8 cm³/mol. The Morgan fingerprint density at radius 1 is 1.22 bits per heavy atom. The lowest BCUT2D eigenvalue weighted by Crippen LogP contribution is -2.40. The third-order valence-corrected chi connectivity index (χ3v) is 5.40. The molecule has 1 aliphatic heterocycles. The van der Waals surface area contributed by atoms with Gasteiger partial charge in [-0.1, -0.05) is 31.5 Å². The summed E-state index contributed by atoms with van der Waals surface area (Å²) in [5, 5.41) is 0. The number of benzene rings is 1. The fourth-order valence-electron chi connectivity index (χ4n) is 4.31. The molecule has 0 N–H and O–H groups in total. The number of nitrogens with zero attached hydrogens (tertiary/aromatic N) is 1. The number of esters is 2. The summed E-state index contributed by atoms with van der Waals surface area (Å²) in [5.41, 5.74) is 0.333. The van der Waals surface area contributed by atoms with Crippen molar-refractivity contribution in [3.8, 4) is 0 Å². The molecular weight excluding hydrogens is 294 g/mol. The van der Waals surface area contributed by atoms with E-state index in [1.807, 2.05) is 30.5 Å². The first-order chi connectivity index (χ1) is 11.0. The summed E-state index contributed by atoms with van der Waals surface area (Å²) in [6.07, 6.45) is 3.52. The monoisotopic (exact) mass is 315 g/mol. The Labute approximate surface area is 135 Å². The molecule has 23 heavy (non-hydrogen) atoms. The van der Waals surface area contributed by atoms with Crippen molar-refractivity contribution < 1.29 is 19.1 Å². The number of para-hydroxylation sites is 1. The van der Waals surface area contributed by atoms with Gasteiger partial charge >= 0.3 is 11.9 Å². The van der Waals surface area contributed by atoms with Crippen LogP contribution in [0.15, 0.2) is 29.3 Å². The summed E-state index contributed by atoms with van der Waals surface area (Å²) in [4.78, 5) is 29.5. The van der Waals surface area contributed by atoms with Gasteiger partial charge in [-0.15, -0.1) is 0 Å². The molecule has 0 amide bonds. The molecule has 122 valence electrons. The van der Waals surface area contributed by atoms with Crippen LogP contribution in [0.5, 0.6) is 0 Å². The lowest BCUT2D eigenvalue weighted by molar-refractivity contribution is -0.169. The van der Waals surface area contributed by atoms with Crippen LogP contribution in [0, 0.1) is 11.3 Å². The molecule has 1 aliphatic carbocycles. The summed E-state index contributed by atoms with van der Waals surface area (Å²) < 4.78 is 9.92. The maximum Gasteiger partial charge on any atom is 0.323 e. The molecule has 1 aromatic rings. The van der Waals surface area contributed by atoms with Gasteiger partial charge in [-0.05, 0) is 30.4 Å². The number of fused-ring (bicyclic) bond motifs is 2. The predicted octanol–water partition coefficient (Wildman–Crippen LogP) is 2.79. The van der Waals surface area contributed by atoms with E-state index in [1.54, 1.807) is 0 Å². The SMILES string of the molecule is CC[C@H]1CC(C(=O)OC)(C(=O)OC)C[C@]12C=Nc1ccccc12. The fraction of sp³-hybridized carbons (Fsp3) is 0.500. The summed E-state index contributed by atoms with van der Waals surface area (Å²) in [5.74, 6) is -0.900. The topological polar surface area (TPSA) is 65.0 Å². The molecule has 1 fully saturated rings. The molecule has 0 unspecified atom stereocenters. The number of hydrogen-bond acceptors (Lipinski definition) is 5. The van der Waals surface area contributed by atoms with Crippen molar-refractivity contribution in [2.75, 3.05) is 14.2 Å². The second-order valence-electron chi connectivity index (χ2n) is 6.37. The van der Waals surface area contributed by atoms with E-state index >= 15 is 0 Å². The lowest BCUT2D eigenvalue weighted by atomic mass is 9.72. The van der Waals surface area contributed by atoms with E-state index in [2.05, 4.69) is 11.9 Å². The van der Waals surface area contributed by atoms with Crippen LogP contribution >= 0.6 is 0 Å². The second kappa shape index (κ2) is 5.48. The van der Waals surface area contributed by atoms with Gasteiger partial charge in [0.2, 0.25) is 0 Å². The minimum absolute atomic E-state index is 0.133. The highest BCUT2D eigenvalue weighted by Gasteiger charge is 2.64. The van der Waals surface area contributed by atoms with Crippen molar-refractivity contribution in [3.05, 3.63) is 29.8 Å². The highest BCUT2D eigenvalue weighted by molar-refractivity contribution is 6.02. The van der Waals surface area contributed by atoms with Crippen molar-refractivity contribution in [1.29, 1.82) is 0 Å². The van der Waals surface area contributed by atoms with Gasteiger partial charge in [-0.25, -0.2) is 0 Å². The van der Waals surface area contributed by atoms with E-state index in [-0.39, 0.29) is 5.92 Å². The van der Waals surface area contributed by atoms with Gasteiger partial charge in [0, 0.05) is 11.6 Å². The van der Waals surface area contributed by atoms with E-state index in [9.17, 15) is 9.59 Å². The number of aliphatic imine (C=N–C) groups is 1. The fourth-order valence-corrected chi connectivity index (χ4v) is 4.31. The number of methoxy groups -OCH3 is 2. The summed E-state index contributed by atoms with van der Waals surface area (Å²) in [7, 11) is 2.63. The van der Waals surface area contributed by atoms with Crippen LogP contribution in [0.2, 0.25) is 0 Å². The highest BCUT2D eigenvalue weighted by atomic mass is 16.5. The number of carbonyl (C=O) groups is 2. The number of ether oxygens (including phenoxy) is 2. The van der Waals surface area contributed by atoms with Gasteiger partial charge in [0.05, 0.1) is 19.9 Å². The van der Waals surface area contributed by atoms with Crippen LogP contribution in [0.25, 0.3) is 0 Å². The number of rotatable bonds is 3. The first-order valence-electron chi connectivity index (χ1n) is 7.85. The Kier molecular flexibility index (Phi) is 3.74. The smallest absolute Gasteiger partial charge is 0.323 e. The Hall–Kier alpha value is -2.17. The molecule has 0 radical (unpaired) electrons. The summed E-state index contributed by atoms with van der Waals surface area (Å²) in [6, 6.07) is 7.91. The Morgan fingerprint density at radius 2 is 1.87 bits per heavy atom. The largest absolute Gasteiger partial charge is 0.468 e. The number of hydrogen-bond donors (Lipinski definition) is 0. The van der Waals surface area contributed by atoms with Crippen LogP contribution in [0.1, 0.15) is 31.7 Å². The molecule has 0 saturated heterocycles. The molecule has 2 atom stereocenters. The molecule has 1 spiro atoms. The van der Waals surface area contributed by atoms with Crippen molar-refractivity contribution in [2.45, 2.75) is 31.6 Å². The van der Waals surface area contributed by atoms with E-state index in [0.29, 0.717) is 12.8 Å². The second-order valence-corrected chi connectivity index (χ2v) is 6.37. The van der Waals surface area contributed by atoms with Gasteiger partial charge in [-0.3, -0.25) is 14.6 Å². The number of carbonyl (C=O) groups excluding carboxylic acids is 2. The highest BCUT2D eigenvalue weighted by Crippen LogP contribution is 2.59. The molecule has 1 saturated carbocycles. The van der Waals surface area contributed by atoms with Gasteiger partial charge in [0.15, 0.2) is 5.41 Å². The quantitative estimate of drug-likeness (QED) is 0.635. The van der Waals surface area contributed by atoms with Crippen molar-refractivity contribution in [3.63, 3.8) is 0 Å². The van der Waals surface area contributed by atoms with Gasteiger partial charge in [0.1, 0.15) is 0 Å². The summed E-state index contributed by atoms with van der Waals surface area (Å²) in [6.45, 7) is 2.08. The maximum atomic E-state index is 12.5. The summed E-state index contributed by atoms with van der Waals surface area (Å²) >= 11 is 0. The van der Waals surface area contributed by atoms with Crippen LogP contribution < -0.4 is 0 Å². The van der Waals surface area contributed by atoms with Gasteiger partial charge in [-0.2, -0.15) is 0 Å². The molecule has 5 nitrogen and oxygen atoms in total. The van der Waals surface area contributed by atoms with Crippen LogP contribution in [0.3, 0.4) is 0 Å². The van der Waals surface area contributed by atoms with E-state index < -0.39 is 22.8 Å². The molecule has 0 bridgehead atoms. The average Bonchev–Trinajstić information content (AvgIpc) is 3.14. The van der Waals surface area contributed by atoms with E-state index in [1.165, 1.54) is 14.2 Å². The third kappa shape index (κ3) is 2.02. The lowest BCUT2D eigenvalue weighted by Gasteiger charge is -2.29. The van der Waals surface area contributed by atoms with E-state index in [0.717, 1.165) is 17.7 Å². The van der Waals surface area contributed by atoms with Gasteiger partial charge in [0.25, 0.3) is 0 Å². The molecule has 2 aliphatic rings. The molecule has 1 heterocycles. The van der Waals surface area contributed by atoms with Gasteiger partial charge < -0.3 is 9.47 Å². The average molecular weight is 315 g/mol. The maximum absolute atomic E-state index is 12.5. The van der Waals surface area contributed by atoms with Crippen LogP contribution in [-0.4, -0.2) is 32.4 Å². The zero-order valence-corrected chi connectivity index (χ0v) is 13.7. The Morgan fingerprint density at radius 3 is 2.48 bits per heavy atom. The van der Waals surface area contributed by atoms with Crippen molar-refractivity contribution >= 4 is 23.8 Å². The zero-order chi connectivity index (χ0) is 16.7. The first kappa shape index (κ1) is 15.7. The van der Waals surface area contributed by atoms with E-state index in [4.69, 9.17) is 9.47 Å². The molecule has 0 aromatic heterocycles. The van der Waals surface area contributed by atoms with Crippen molar-refractivity contribution in [1.82, 2.24) is 0 Å². The molecule has 1 aromatic carbocycles. The minimum Gasteiger partial charge on any atom is -0.468 e. The molecule has 5 heteroatoms. The zero-order valence-electron chi connectivity index (χ0n) is 13.7. The minimum atomic E-state index is -1.26. The Bertz CT molecular complexity index is 665. The van der Waals surface area contributed by atoms with Crippen LogP contribution in [-0.2, 0) is 24.5 Å². The van der Waals surface area contributed by atoms with Crippen molar-refractivity contribution in [2.24, 2.45) is 16.3 Å². The first-order valence-corrected chi connectivity index (χ1v) is 7.85. The molecular formula is C18H21NO4. The normalized spacial score (nSPS) is 27.0. The van der Waals surface area contributed by atoms with Crippen LogP contribution in [0.4, 0.5) is 5.69 Å². The molecule has 3 rings (SSSR count).